The Hall–Kier alpha value is -3.26. The van der Waals surface area contributed by atoms with E-state index >= 15 is 0 Å². The van der Waals surface area contributed by atoms with Crippen LogP contribution >= 0.6 is 0 Å². The van der Waals surface area contributed by atoms with Crippen LogP contribution < -0.4 is 0 Å². The molecule has 3 rings (SSSR count). The normalized spacial score (nSPS) is 13.5. The van der Waals surface area contributed by atoms with Gasteiger partial charge >= 0.3 is 24.3 Å². The van der Waals surface area contributed by atoms with E-state index in [4.69, 9.17) is 24.5 Å². The van der Waals surface area contributed by atoms with E-state index in [-0.39, 0.29) is 0 Å². The fourth-order valence-electron chi connectivity index (χ4n) is 2.76. The summed E-state index contributed by atoms with van der Waals surface area (Å²) < 4.78 is 68.7. The van der Waals surface area contributed by atoms with Gasteiger partial charge in [-0.15, -0.1) is 0 Å². The van der Waals surface area contributed by atoms with Gasteiger partial charge < -0.3 is 14.9 Å². The summed E-state index contributed by atoms with van der Waals surface area (Å²) in [6.45, 7) is 3.55. The lowest BCUT2D eigenvalue weighted by atomic mass is 9.97. The summed E-state index contributed by atoms with van der Waals surface area (Å²) in [6, 6.07) is 6.07. The van der Waals surface area contributed by atoms with Crippen LogP contribution in [0.15, 0.2) is 36.8 Å². The van der Waals surface area contributed by atoms with Crippen molar-refractivity contribution in [3.05, 3.63) is 59.2 Å². The molecule has 0 radical (unpaired) electrons. The number of aromatic nitrogens is 2. The third-order valence-corrected chi connectivity index (χ3v) is 4.20. The largest absolute Gasteiger partial charge is 0.490 e. The number of halogens is 6. The summed E-state index contributed by atoms with van der Waals surface area (Å²) in [5, 5.41) is 14.2. The molecule has 0 spiro atoms. The molecule has 0 aliphatic carbocycles. The second-order valence-corrected chi connectivity index (χ2v) is 6.76. The molecule has 0 saturated heterocycles. The molecular formula is C20H21F6N3O5. The van der Waals surface area contributed by atoms with E-state index in [1.54, 1.807) is 7.11 Å². The first-order valence-corrected chi connectivity index (χ1v) is 9.41. The average molecular weight is 497 g/mol. The third kappa shape index (κ3) is 10.1. The zero-order chi connectivity index (χ0) is 25.9. The minimum Gasteiger partial charge on any atom is -0.475 e. The number of carboxylic acids is 2. The smallest absolute Gasteiger partial charge is 0.475 e. The first-order valence-electron chi connectivity index (χ1n) is 9.41. The molecule has 188 valence electrons. The van der Waals surface area contributed by atoms with Crippen LogP contribution in [0.2, 0.25) is 0 Å². The number of nitrogens with zero attached hydrogens (tertiary/aromatic N) is 3. The molecule has 0 atom stereocenters. The highest BCUT2D eigenvalue weighted by Crippen LogP contribution is 2.23. The van der Waals surface area contributed by atoms with E-state index < -0.39 is 24.3 Å². The predicted molar refractivity (Wildman–Crippen MR) is 104 cm³/mol. The maximum absolute atomic E-state index is 10.6. The van der Waals surface area contributed by atoms with Crippen molar-refractivity contribution >= 4 is 11.9 Å². The van der Waals surface area contributed by atoms with Crippen molar-refractivity contribution in [2.45, 2.75) is 38.5 Å². The van der Waals surface area contributed by atoms with Gasteiger partial charge in [0.25, 0.3) is 0 Å². The number of methoxy groups -OCH3 is 1. The molecule has 2 aromatic heterocycles. The maximum Gasteiger partial charge on any atom is 0.490 e. The van der Waals surface area contributed by atoms with Gasteiger partial charge in [-0.2, -0.15) is 26.3 Å². The van der Waals surface area contributed by atoms with Crippen molar-refractivity contribution < 1.29 is 50.9 Å². The molecule has 0 aromatic carbocycles. The zero-order valence-electron chi connectivity index (χ0n) is 17.7. The monoisotopic (exact) mass is 497 g/mol. The van der Waals surface area contributed by atoms with Gasteiger partial charge in [-0.3, -0.25) is 14.9 Å². The Morgan fingerprint density at radius 3 is 2.12 bits per heavy atom. The third-order valence-electron chi connectivity index (χ3n) is 4.20. The molecule has 0 fully saturated rings. The summed E-state index contributed by atoms with van der Waals surface area (Å²) in [7, 11) is 1.73. The molecule has 8 nitrogen and oxygen atoms in total. The van der Waals surface area contributed by atoms with Crippen molar-refractivity contribution in [3.8, 4) is 0 Å². The Morgan fingerprint density at radius 1 is 1.06 bits per heavy atom. The number of carboxylic acid groups (broad SMARTS) is 2. The molecule has 0 bridgehead atoms. The van der Waals surface area contributed by atoms with E-state index in [0.717, 1.165) is 31.7 Å². The highest BCUT2D eigenvalue weighted by Gasteiger charge is 2.38. The van der Waals surface area contributed by atoms with Gasteiger partial charge in [0.1, 0.15) is 0 Å². The molecule has 1 aliphatic heterocycles. The standard InChI is InChI=1S/C16H19N3O.2C2HF3O2/c1-20-12-14-9-17-8-13-10-19(7-5-16(13)14)11-15-4-2-3-6-18-15;2*3-2(4,5)1(6)7/h2-4,6,8-9H,5,7,10-12H2,1H3;2*(H,6,7). The zero-order valence-corrected chi connectivity index (χ0v) is 17.7. The van der Waals surface area contributed by atoms with Gasteiger partial charge in [0, 0.05) is 45.3 Å². The van der Waals surface area contributed by atoms with Crippen LogP contribution in [0, 0.1) is 0 Å². The minimum atomic E-state index is -5.08. The minimum absolute atomic E-state index is 0.649. The Labute approximate surface area is 189 Å². The lowest BCUT2D eigenvalue weighted by Gasteiger charge is -2.29. The van der Waals surface area contributed by atoms with Crippen molar-refractivity contribution in [2.24, 2.45) is 0 Å². The van der Waals surface area contributed by atoms with E-state index in [1.807, 2.05) is 30.7 Å². The van der Waals surface area contributed by atoms with Gasteiger partial charge in [-0.25, -0.2) is 9.59 Å². The molecular weight excluding hydrogens is 476 g/mol. The number of fused-ring (bicyclic) bond motifs is 1. The van der Waals surface area contributed by atoms with Gasteiger partial charge in [0.2, 0.25) is 0 Å². The van der Waals surface area contributed by atoms with Crippen LogP contribution in [0.1, 0.15) is 22.4 Å². The van der Waals surface area contributed by atoms with Crippen molar-refractivity contribution in [1.29, 1.82) is 0 Å². The van der Waals surface area contributed by atoms with E-state index in [1.165, 1.54) is 16.7 Å². The number of rotatable bonds is 4. The molecule has 34 heavy (non-hydrogen) atoms. The Kier molecular flexibility index (Phi) is 10.9. The van der Waals surface area contributed by atoms with Gasteiger partial charge in [0.15, 0.2) is 0 Å². The van der Waals surface area contributed by atoms with Crippen molar-refractivity contribution in [1.82, 2.24) is 14.9 Å². The van der Waals surface area contributed by atoms with Crippen LogP contribution in [-0.4, -0.2) is 63.0 Å². The molecule has 2 N–H and O–H groups in total. The summed E-state index contributed by atoms with van der Waals surface area (Å²) >= 11 is 0. The topological polar surface area (TPSA) is 113 Å². The van der Waals surface area contributed by atoms with Crippen LogP contribution in [0.3, 0.4) is 0 Å². The highest BCUT2D eigenvalue weighted by molar-refractivity contribution is 5.73. The summed E-state index contributed by atoms with van der Waals surface area (Å²) in [5.41, 5.74) is 5.08. The van der Waals surface area contributed by atoms with Gasteiger partial charge in [-0.05, 0) is 35.2 Å². The fourth-order valence-corrected chi connectivity index (χ4v) is 2.76. The Bertz CT molecular complexity index is 915. The van der Waals surface area contributed by atoms with Crippen LogP contribution in [-0.2, 0) is 40.4 Å². The molecule has 0 unspecified atom stereocenters. The number of hydrogen-bond acceptors (Lipinski definition) is 6. The van der Waals surface area contributed by atoms with E-state index in [0.29, 0.717) is 6.61 Å². The summed E-state index contributed by atoms with van der Waals surface area (Å²) in [5.74, 6) is -5.51. The molecule has 0 saturated carbocycles. The quantitative estimate of drug-likeness (QED) is 0.618. The number of carbonyl (C=O) groups is 2. The molecule has 3 heterocycles. The second kappa shape index (κ2) is 12.8. The Morgan fingerprint density at radius 2 is 1.65 bits per heavy atom. The number of ether oxygens (including phenoxy) is 1. The number of aliphatic carboxylic acids is 2. The van der Waals surface area contributed by atoms with Gasteiger partial charge in [-0.1, -0.05) is 6.07 Å². The molecule has 14 heteroatoms. The maximum atomic E-state index is 10.6. The number of hydrogen-bond donors (Lipinski definition) is 2. The van der Waals surface area contributed by atoms with Crippen LogP contribution in [0.4, 0.5) is 26.3 Å². The van der Waals surface area contributed by atoms with Crippen molar-refractivity contribution in [3.63, 3.8) is 0 Å². The van der Waals surface area contributed by atoms with E-state index in [9.17, 15) is 26.3 Å². The SMILES string of the molecule is COCc1cncc2c1CCN(Cc1ccccn1)C2.O=C(O)C(F)(F)F.O=C(O)C(F)(F)F. The molecule has 2 aromatic rings. The lowest BCUT2D eigenvalue weighted by molar-refractivity contribution is -0.193. The first kappa shape index (κ1) is 28.8. The summed E-state index contributed by atoms with van der Waals surface area (Å²) in [4.78, 5) is 28.9. The van der Waals surface area contributed by atoms with Crippen LogP contribution in [0.25, 0.3) is 0 Å². The van der Waals surface area contributed by atoms with Crippen molar-refractivity contribution in [2.75, 3.05) is 13.7 Å². The Balaban J connectivity index is 0.000000343. The second-order valence-electron chi connectivity index (χ2n) is 6.76. The average Bonchev–Trinajstić information content (AvgIpc) is 2.74. The predicted octanol–water partition coefficient (Wildman–Crippen LogP) is 3.45. The number of pyridine rings is 2. The number of alkyl halides is 6. The lowest BCUT2D eigenvalue weighted by Crippen LogP contribution is -2.31. The fraction of sp³-hybridized carbons (Fsp3) is 0.400. The highest BCUT2D eigenvalue weighted by atomic mass is 19.4. The summed E-state index contributed by atoms with van der Waals surface area (Å²) in [6.07, 6.45) is -3.34. The molecule has 1 aliphatic rings. The van der Waals surface area contributed by atoms with Gasteiger partial charge in [0.05, 0.1) is 12.3 Å². The molecule has 0 amide bonds. The van der Waals surface area contributed by atoms with E-state index in [2.05, 4.69) is 20.9 Å². The van der Waals surface area contributed by atoms with Crippen LogP contribution in [0.5, 0.6) is 0 Å². The first-order chi connectivity index (χ1) is 15.8.